The summed E-state index contributed by atoms with van der Waals surface area (Å²) in [6.07, 6.45) is 32.6. The molecule has 0 radical (unpaired) electrons. The van der Waals surface area contributed by atoms with Crippen LogP contribution >= 0.6 is 0 Å². The molecule has 0 aliphatic heterocycles. The number of esters is 2. The molecule has 310 valence electrons. The predicted octanol–water partition coefficient (Wildman–Crippen LogP) is 13.0. The van der Waals surface area contributed by atoms with Gasteiger partial charge in [0.05, 0.1) is 13.2 Å². The van der Waals surface area contributed by atoms with Gasteiger partial charge in [-0.3, -0.25) is 9.59 Å². The molecule has 0 saturated carbocycles. The van der Waals surface area contributed by atoms with E-state index in [0.29, 0.717) is 43.8 Å². The maximum absolute atomic E-state index is 12.2. The van der Waals surface area contributed by atoms with Crippen LogP contribution < -0.4 is 0 Å². The Hall–Kier alpha value is -1.84. The van der Waals surface area contributed by atoms with Gasteiger partial charge in [0, 0.05) is 32.6 Å². The highest BCUT2D eigenvalue weighted by atomic mass is 16.5. The van der Waals surface area contributed by atoms with Crippen molar-refractivity contribution in [1.29, 1.82) is 0 Å². The summed E-state index contributed by atoms with van der Waals surface area (Å²) in [7, 11) is 2.18. The average molecular weight is 746 g/mol. The molecular weight excluding hydrogens is 659 g/mol. The zero-order valence-electron chi connectivity index (χ0n) is 35.8. The van der Waals surface area contributed by atoms with Crippen molar-refractivity contribution >= 4 is 11.9 Å². The van der Waals surface area contributed by atoms with Crippen molar-refractivity contribution in [3.05, 3.63) is 24.1 Å². The molecular formula is C47H87NO5. The molecule has 6 heteroatoms. The monoisotopic (exact) mass is 746 g/mol. The van der Waals surface area contributed by atoms with Gasteiger partial charge >= 0.3 is 11.9 Å². The van der Waals surface area contributed by atoms with Crippen LogP contribution in [0.5, 0.6) is 0 Å². The number of unbranched alkanes of at least 4 members (excludes halogenated alkanes) is 14. The van der Waals surface area contributed by atoms with Crippen LogP contribution in [0.4, 0.5) is 0 Å². The van der Waals surface area contributed by atoms with Gasteiger partial charge in [-0.25, -0.2) is 0 Å². The van der Waals surface area contributed by atoms with Gasteiger partial charge < -0.3 is 19.1 Å². The number of ether oxygens (including phenoxy) is 3. The standard InChI is InChI=1S/C47H87NO5/c1-7-11-29-43(5)36-40-52-46(49)34-26-22-18-14-16-20-24-32-45(42-51-39-28-38-48(6)10-4)33-25-21-17-15-19-23-27-35-47(50)53-41-37-44(30-12-8-2)31-13-9-3/h30,43-45H,2,7,9-11,13-29,31-42H2,1,3-6H3. The summed E-state index contributed by atoms with van der Waals surface area (Å²) in [4.78, 5) is 26.6. The minimum atomic E-state index is -0.0551. The summed E-state index contributed by atoms with van der Waals surface area (Å²) < 4.78 is 17.2. The topological polar surface area (TPSA) is 65.1 Å². The Morgan fingerprint density at radius 3 is 1.66 bits per heavy atom. The lowest BCUT2D eigenvalue weighted by Crippen LogP contribution is -2.20. The lowest BCUT2D eigenvalue weighted by atomic mass is 9.94. The maximum atomic E-state index is 12.2. The molecule has 0 amide bonds. The van der Waals surface area contributed by atoms with Crippen LogP contribution in [0.25, 0.3) is 0 Å². The van der Waals surface area contributed by atoms with Crippen molar-refractivity contribution in [1.82, 2.24) is 4.90 Å². The Labute approximate surface area is 329 Å². The third kappa shape index (κ3) is 36.9. The quantitative estimate of drug-likeness (QED) is 0.0353. The molecule has 0 bridgehead atoms. The molecule has 53 heavy (non-hydrogen) atoms. The number of nitrogens with zero attached hydrogens (tertiary/aromatic N) is 1. The molecule has 0 rings (SSSR count). The zero-order chi connectivity index (χ0) is 39.0. The number of hydrogen-bond acceptors (Lipinski definition) is 6. The molecule has 0 aromatic heterocycles. The third-order valence-corrected chi connectivity index (χ3v) is 10.7. The first-order valence-electron chi connectivity index (χ1n) is 22.5. The molecule has 0 aromatic carbocycles. The lowest BCUT2D eigenvalue weighted by Gasteiger charge is -2.18. The van der Waals surface area contributed by atoms with E-state index >= 15 is 0 Å². The number of carbonyl (C=O) groups excluding carboxylic acids is 2. The Bertz CT molecular complexity index is 909. The number of carbonyl (C=O) groups is 2. The Balaban J connectivity index is 4.09. The predicted molar refractivity (Wildman–Crippen MR) is 225 cm³/mol. The molecule has 0 heterocycles. The highest BCUT2D eigenvalue weighted by Gasteiger charge is 2.11. The van der Waals surface area contributed by atoms with E-state index < -0.39 is 0 Å². The second-order valence-corrected chi connectivity index (χ2v) is 15.9. The Morgan fingerprint density at radius 2 is 1.13 bits per heavy atom. The average Bonchev–Trinajstić information content (AvgIpc) is 3.15. The first kappa shape index (κ1) is 51.2. The van der Waals surface area contributed by atoms with E-state index in [4.69, 9.17) is 14.2 Å². The fraction of sp³-hybridized carbons (Fsp3) is 0.872. The summed E-state index contributed by atoms with van der Waals surface area (Å²) in [6, 6.07) is 0. The van der Waals surface area contributed by atoms with Gasteiger partial charge in [-0.15, -0.1) is 0 Å². The second-order valence-electron chi connectivity index (χ2n) is 15.9. The molecule has 0 aromatic rings. The Morgan fingerprint density at radius 1 is 0.623 bits per heavy atom. The van der Waals surface area contributed by atoms with Crippen LogP contribution in [-0.4, -0.2) is 63.4 Å². The van der Waals surface area contributed by atoms with E-state index in [2.05, 4.69) is 57.7 Å². The van der Waals surface area contributed by atoms with Gasteiger partial charge in [-0.05, 0) is 95.4 Å². The van der Waals surface area contributed by atoms with Crippen LogP contribution in [-0.2, 0) is 23.8 Å². The SMILES string of the molecule is C=C=C=CC(CCCC)CCOC(=O)CCCCCCCCCC(CCCCCCCCCC(=O)OCCC(C)CCCC)COCCCN(C)CC. The maximum Gasteiger partial charge on any atom is 0.305 e. The van der Waals surface area contributed by atoms with Crippen molar-refractivity contribution in [2.75, 3.05) is 46.6 Å². The van der Waals surface area contributed by atoms with Crippen LogP contribution in [0.2, 0.25) is 0 Å². The fourth-order valence-electron chi connectivity index (χ4n) is 6.82. The summed E-state index contributed by atoms with van der Waals surface area (Å²) in [5, 5.41) is 0. The zero-order valence-corrected chi connectivity index (χ0v) is 35.8. The fourth-order valence-corrected chi connectivity index (χ4v) is 6.82. The lowest BCUT2D eigenvalue weighted by molar-refractivity contribution is -0.145. The normalized spacial score (nSPS) is 12.9. The van der Waals surface area contributed by atoms with Crippen molar-refractivity contribution in [3.8, 4) is 0 Å². The summed E-state index contributed by atoms with van der Waals surface area (Å²) in [5.41, 5.74) is 5.67. The van der Waals surface area contributed by atoms with Gasteiger partial charge in [0.25, 0.3) is 0 Å². The van der Waals surface area contributed by atoms with Gasteiger partial charge in [0.1, 0.15) is 0 Å². The third-order valence-electron chi connectivity index (χ3n) is 10.7. The van der Waals surface area contributed by atoms with Crippen molar-refractivity contribution in [2.45, 2.75) is 201 Å². The molecule has 3 atom stereocenters. The summed E-state index contributed by atoms with van der Waals surface area (Å²) in [5.74, 6) is 1.63. The Kier molecular flexibility index (Phi) is 38.5. The summed E-state index contributed by atoms with van der Waals surface area (Å²) in [6.45, 7) is 17.5. The number of hydrogen-bond donors (Lipinski definition) is 0. The molecule has 0 N–H and O–H groups in total. The molecule has 6 nitrogen and oxygen atoms in total. The minimum absolute atomic E-state index is 0.0124. The largest absolute Gasteiger partial charge is 0.466 e. The van der Waals surface area contributed by atoms with Crippen LogP contribution in [0, 0.1) is 17.8 Å². The van der Waals surface area contributed by atoms with Crippen LogP contribution in [0.15, 0.2) is 24.1 Å². The van der Waals surface area contributed by atoms with Crippen LogP contribution in [0.3, 0.4) is 0 Å². The van der Waals surface area contributed by atoms with E-state index in [0.717, 1.165) is 77.7 Å². The van der Waals surface area contributed by atoms with Gasteiger partial charge in [0.2, 0.25) is 0 Å². The van der Waals surface area contributed by atoms with E-state index in [9.17, 15) is 9.59 Å². The van der Waals surface area contributed by atoms with E-state index in [-0.39, 0.29) is 11.9 Å². The van der Waals surface area contributed by atoms with Gasteiger partial charge in [-0.2, -0.15) is 0 Å². The molecule has 0 spiro atoms. The van der Waals surface area contributed by atoms with Crippen LogP contribution in [0.1, 0.15) is 201 Å². The minimum Gasteiger partial charge on any atom is -0.466 e. The van der Waals surface area contributed by atoms with E-state index in [1.165, 1.54) is 109 Å². The molecule has 3 unspecified atom stereocenters. The highest BCUT2D eigenvalue weighted by Crippen LogP contribution is 2.21. The van der Waals surface area contributed by atoms with Gasteiger partial charge in [0.15, 0.2) is 0 Å². The van der Waals surface area contributed by atoms with E-state index in [1.807, 2.05) is 6.08 Å². The summed E-state index contributed by atoms with van der Waals surface area (Å²) >= 11 is 0. The highest BCUT2D eigenvalue weighted by molar-refractivity contribution is 5.69. The number of rotatable bonds is 40. The molecule has 0 fully saturated rings. The van der Waals surface area contributed by atoms with Crippen molar-refractivity contribution < 1.29 is 23.8 Å². The van der Waals surface area contributed by atoms with Crippen molar-refractivity contribution in [3.63, 3.8) is 0 Å². The molecule has 0 saturated heterocycles. The second kappa shape index (κ2) is 39.8. The first-order chi connectivity index (χ1) is 25.9. The molecule has 0 aliphatic rings. The molecule has 0 aliphatic carbocycles. The first-order valence-corrected chi connectivity index (χ1v) is 22.5. The van der Waals surface area contributed by atoms with Crippen molar-refractivity contribution in [2.24, 2.45) is 17.8 Å². The smallest absolute Gasteiger partial charge is 0.305 e. The van der Waals surface area contributed by atoms with E-state index in [1.54, 1.807) is 0 Å². The number of allylic oxidation sites excluding steroid dienone is 1. The van der Waals surface area contributed by atoms with Gasteiger partial charge in [-0.1, -0.05) is 148 Å².